The van der Waals surface area contributed by atoms with Crippen LogP contribution >= 0.6 is 0 Å². The average Bonchev–Trinajstić information content (AvgIpc) is 2.79. The molecule has 0 aromatic heterocycles. The number of hydrazone groups is 1. The zero-order chi connectivity index (χ0) is 22.9. The number of ether oxygens (including phenoxy) is 3. The fourth-order valence-corrected chi connectivity index (χ4v) is 2.76. The summed E-state index contributed by atoms with van der Waals surface area (Å²) in [7, 11) is 1.48. The van der Waals surface area contributed by atoms with Crippen molar-refractivity contribution in [1.29, 1.82) is 0 Å². The number of nitrogens with one attached hydrogen (secondary N) is 1. The third kappa shape index (κ3) is 6.43. The van der Waals surface area contributed by atoms with E-state index < -0.39 is 11.9 Å². The van der Waals surface area contributed by atoms with E-state index in [0.29, 0.717) is 22.6 Å². The molecule has 3 aromatic carbocycles. The van der Waals surface area contributed by atoms with Crippen LogP contribution in [0.1, 0.15) is 27.0 Å². The van der Waals surface area contributed by atoms with Crippen molar-refractivity contribution in [2.45, 2.75) is 13.8 Å². The summed E-state index contributed by atoms with van der Waals surface area (Å²) in [4.78, 5) is 24.3. The molecule has 0 atom stereocenters. The molecule has 3 aromatic rings. The van der Waals surface area contributed by atoms with Crippen molar-refractivity contribution in [2.75, 3.05) is 13.7 Å². The summed E-state index contributed by atoms with van der Waals surface area (Å²) in [5.74, 6) is 0.392. The van der Waals surface area contributed by atoms with Crippen molar-refractivity contribution in [3.63, 3.8) is 0 Å². The molecule has 3 rings (SSSR count). The van der Waals surface area contributed by atoms with Crippen molar-refractivity contribution in [1.82, 2.24) is 5.43 Å². The smallest absolute Gasteiger partial charge is 0.343 e. The lowest BCUT2D eigenvalue weighted by atomic mass is 10.1. The predicted octanol–water partition coefficient (Wildman–Crippen LogP) is 4.06. The molecule has 0 heterocycles. The Bertz CT molecular complexity index is 1120. The van der Waals surface area contributed by atoms with Gasteiger partial charge in [0.2, 0.25) is 0 Å². The third-order valence-corrected chi connectivity index (χ3v) is 4.44. The summed E-state index contributed by atoms with van der Waals surface area (Å²) in [5.41, 5.74) is 5.60. The van der Waals surface area contributed by atoms with Gasteiger partial charge in [-0.2, -0.15) is 5.10 Å². The molecular weight excluding hydrogens is 408 g/mol. The molecule has 164 valence electrons. The van der Waals surface area contributed by atoms with E-state index in [2.05, 4.69) is 10.5 Å². The van der Waals surface area contributed by atoms with E-state index in [9.17, 15) is 9.59 Å². The molecular formula is C25H24N2O5. The summed E-state index contributed by atoms with van der Waals surface area (Å²) in [6.07, 6.45) is 1.46. The van der Waals surface area contributed by atoms with Crippen LogP contribution in [0.2, 0.25) is 0 Å². The van der Waals surface area contributed by atoms with Crippen LogP contribution in [0.4, 0.5) is 0 Å². The van der Waals surface area contributed by atoms with Gasteiger partial charge in [0, 0.05) is 0 Å². The van der Waals surface area contributed by atoms with Gasteiger partial charge in [0.25, 0.3) is 5.91 Å². The number of nitrogens with zero attached hydrogens (tertiary/aromatic N) is 1. The van der Waals surface area contributed by atoms with Gasteiger partial charge < -0.3 is 14.2 Å². The first kappa shape index (κ1) is 22.6. The maximum atomic E-state index is 12.3. The summed E-state index contributed by atoms with van der Waals surface area (Å²) in [5, 5.41) is 3.93. The van der Waals surface area contributed by atoms with Crippen molar-refractivity contribution >= 4 is 18.1 Å². The Morgan fingerprint density at radius 1 is 0.938 bits per heavy atom. The van der Waals surface area contributed by atoms with Gasteiger partial charge in [-0.25, -0.2) is 10.2 Å². The first-order chi connectivity index (χ1) is 15.4. The van der Waals surface area contributed by atoms with E-state index in [1.54, 1.807) is 36.4 Å². The zero-order valence-corrected chi connectivity index (χ0v) is 18.1. The van der Waals surface area contributed by atoms with Gasteiger partial charge in [-0.15, -0.1) is 0 Å². The number of aryl methyl sites for hydroxylation is 2. The Kier molecular flexibility index (Phi) is 7.59. The number of hydrogen-bond acceptors (Lipinski definition) is 6. The molecule has 0 saturated carbocycles. The molecule has 0 aliphatic rings. The summed E-state index contributed by atoms with van der Waals surface area (Å²) >= 11 is 0. The lowest BCUT2D eigenvalue weighted by molar-refractivity contribution is -0.123. The Morgan fingerprint density at radius 3 is 2.44 bits per heavy atom. The Hall–Kier alpha value is -4.13. The van der Waals surface area contributed by atoms with E-state index >= 15 is 0 Å². The average molecular weight is 432 g/mol. The molecule has 1 N–H and O–H groups in total. The van der Waals surface area contributed by atoms with Crippen LogP contribution in [0.3, 0.4) is 0 Å². The molecule has 0 unspecified atom stereocenters. The molecule has 7 nitrogen and oxygen atoms in total. The van der Waals surface area contributed by atoms with E-state index in [4.69, 9.17) is 14.2 Å². The quantitative estimate of drug-likeness (QED) is 0.251. The van der Waals surface area contributed by atoms with Crippen LogP contribution in [0.5, 0.6) is 17.2 Å². The number of esters is 1. The molecule has 0 saturated heterocycles. The van der Waals surface area contributed by atoms with Gasteiger partial charge in [0.1, 0.15) is 5.75 Å². The largest absolute Gasteiger partial charge is 0.493 e. The molecule has 0 bridgehead atoms. The monoisotopic (exact) mass is 432 g/mol. The summed E-state index contributed by atoms with van der Waals surface area (Å²) < 4.78 is 16.2. The Balaban J connectivity index is 1.56. The minimum atomic E-state index is -0.481. The molecule has 1 amide bonds. The molecule has 7 heteroatoms. The van der Waals surface area contributed by atoms with E-state index in [1.807, 2.05) is 44.2 Å². The number of hydrogen-bond donors (Lipinski definition) is 1. The second-order valence-electron chi connectivity index (χ2n) is 7.06. The number of methoxy groups -OCH3 is 1. The molecule has 0 radical (unpaired) electrons. The first-order valence-corrected chi connectivity index (χ1v) is 9.93. The Morgan fingerprint density at radius 2 is 1.72 bits per heavy atom. The standard InChI is InChI=1S/C25H24N2O5/c1-17-7-10-20(11-8-17)25(29)32-22-12-9-19(14-23(22)30-3)15-26-27-24(28)16-31-21-6-4-5-18(2)13-21/h4-15H,16H2,1-3H3,(H,27,28). The van der Waals surface area contributed by atoms with Crippen molar-refractivity contribution in [3.05, 3.63) is 89.0 Å². The molecule has 0 fully saturated rings. The fraction of sp³-hybridized carbons (Fsp3) is 0.160. The Labute approximate surface area is 186 Å². The van der Waals surface area contributed by atoms with Gasteiger partial charge >= 0.3 is 5.97 Å². The molecule has 0 aliphatic heterocycles. The molecule has 0 spiro atoms. The van der Waals surface area contributed by atoms with Crippen LogP contribution in [0.15, 0.2) is 71.8 Å². The number of rotatable bonds is 8. The van der Waals surface area contributed by atoms with Gasteiger partial charge in [0.15, 0.2) is 18.1 Å². The van der Waals surface area contributed by atoms with E-state index in [1.165, 1.54) is 13.3 Å². The highest BCUT2D eigenvalue weighted by atomic mass is 16.6. The third-order valence-electron chi connectivity index (χ3n) is 4.44. The topological polar surface area (TPSA) is 86.2 Å². The van der Waals surface area contributed by atoms with Crippen molar-refractivity contribution in [2.24, 2.45) is 5.10 Å². The number of carbonyl (C=O) groups excluding carboxylic acids is 2. The lowest BCUT2D eigenvalue weighted by Gasteiger charge is -2.10. The minimum Gasteiger partial charge on any atom is -0.493 e. The fourth-order valence-electron chi connectivity index (χ4n) is 2.76. The van der Waals surface area contributed by atoms with Crippen LogP contribution in [-0.2, 0) is 4.79 Å². The van der Waals surface area contributed by atoms with E-state index in [0.717, 1.165) is 11.1 Å². The second kappa shape index (κ2) is 10.8. The SMILES string of the molecule is COc1cc(C=NNC(=O)COc2cccc(C)c2)ccc1OC(=O)c1ccc(C)cc1. The highest BCUT2D eigenvalue weighted by Crippen LogP contribution is 2.28. The number of carbonyl (C=O) groups is 2. The van der Waals surface area contributed by atoms with Gasteiger partial charge in [0.05, 0.1) is 18.9 Å². The predicted molar refractivity (Wildman–Crippen MR) is 122 cm³/mol. The molecule has 32 heavy (non-hydrogen) atoms. The van der Waals surface area contributed by atoms with Gasteiger partial charge in [-0.1, -0.05) is 29.8 Å². The zero-order valence-electron chi connectivity index (χ0n) is 18.1. The minimum absolute atomic E-state index is 0.155. The number of benzene rings is 3. The highest BCUT2D eigenvalue weighted by Gasteiger charge is 2.12. The van der Waals surface area contributed by atoms with Crippen molar-refractivity contribution < 1.29 is 23.8 Å². The van der Waals surface area contributed by atoms with Gasteiger partial charge in [-0.05, 0) is 67.4 Å². The van der Waals surface area contributed by atoms with Crippen LogP contribution in [0, 0.1) is 13.8 Å². The first-order valence-electron chi connectivity index (χ1n) is 9.93. The second-order valence-corrected chi connectivity index (χ2v) is 7.06. The summed E-state index contributed by atoms with van der Waals surface area (Å²) in [6, 6.07) is 19.5. The van der Waals surface area contributed by atoms with Crippen LogP contribution in [0.25, 0.3) is 0 Å². The summed E-state index contributed by atoms with van der Waals surface area (Å²) in [6.45, 7) is 3.73. The maximum absolute atomic E-state index is 12.3. The normalized spacial score (nSPS) is 10.6. The molecule has 0 aliphatic carbocycles. The highest BCUT2D eigenvalue weighted by molar-refractivity contribution is 5.91. The van der Waals surface area contributed by atoms with E-state index in [-0.39, 0.29) is 12.4 Å². The van der Waals surface area contributed by atoms with Crippen molar-refractivity contribution in [3.8, 4) is 17.2 Å². The van der Waals surface area contributed by atoms with Gasteiger partial charge in [-0.3, -0.25) is 4.79 Å². The van der Waals surface area contributed by atoms with Crippen LogP contribution in [-0.4, -0.2) is 31.8 Å². The maximum Gasteiger partial charge on any atom is 0.343 e. The van der Waals surface area contributed by atoms with Crippen LogP contribution < -0.4 is 19.6 Å². The number of amides is 1. The lowest BCUT2D eigenvalue weighted by Crippen LogP contribution is -2.24.